The third-order valence-corrected chi connectivity index (χ3v) is 5.87. The van der Waals surface area contributed by atoms with Crippen LogP contribution in [0.3, 0.4) is 0 Å². The molecule has 3 N–H and O–H groups in total. The van der Waals surface area contributed by atoms with Crippen LogP contribution in [0.25, 0.3) is 0 Å². The number of aliphatic hydroxyl groups is 1. The van der Waals surface area contributed by atoms with Gasteiger partial charge in [-0.2, -0.15) is 0 Å². The number of aliphatic hydroxyl groups excluding tert-OH is 1. The first-order valence-corrected chi connectivity index (χ1v) is 9.58. The number of urea groups is 1. The molecule has 1 aliphatic heterocycles. The van der Waals surface area contributed by atoms with Gasteiger partial charge < -0.3 is 15.7 Å². The molecule has 1 aliphatic carbocycles. The van der Waals surface area contributed by atoms with Crippen LogP contribution in [0.2, 0.25) is 5.02 Å². The average Bonchev–Trinajstić information content (AvgIpc) is 2.58. The van der Waals surface area contributed by atoms with E-state index in [0.717, 1.165) is 56.8 Å². The Morgan fingerprint density at radius 1 is 1.24 bits per heavy atom. The molecule has 2 amide bonds. The summed E-state index contributed by atoms with van der Waals surface area (Å²) in [5.41, 5.74) is 1.20. The molecule has 25 heavy (non-hydrogen) atoms. The van der Waals surface area contributed by atoms with Crippen molar-refractivity contribution in [1.29, 1.82) is 0 Å². The Bertz CT molecular complexity index is 561. The van der Waals surface area contributed by atoms with Crippen molar-refractivity contribution >= 4 is 17.6 Å². The van der Waals surface area contributed by atoms with Crippen molar-refractivity contribution in [3.05, 3.63) is 34.9 Å². The van der Waals surface area contributed by atoms with E-state index in [9.17, 15) is 9.90 Å². The molecule has 2 aliphatic rings. The minimum atomic E-state index is -0.101. The molecule has 0 aromatic heterocycles. The van der Waals surface area contributed by atoms with E-state index < -0.39 is 0 Å². The summed E-state index contributed by atoms with van der Waals surface area (Å²) in [5.74, 6) is 0. The Morgan fingerprint density at radius 2 is 1.92 bits per heavy atom. The predicted molar refractivity (Wildman–Crippen MR) is 99.7 cm³/mol. The molecule has 0 bridgehead atoms. The van der Waals surface area contributed by atoms with E-state index in [-0.39, 0.29) is 24.1 Å². The summed E-state index contributed by atoms with van der Waals surface area (Å²) >= 11 is 5.92. The van der Waals surface area contributed by atoms with Crippen molar-refractivity contribution in [2.75, 3.05) is 26.2 Å². The van der Waals surface area contributed by atoms with Crippen LogP contribution < -0.4 is 10.6 Å². The normalized spacial score (nSPS) is 20.7. The van der Waals surface area contributed by atoms with Gasteiger partial charge in [-0.15, -0.1) is 0 Å². The van der Waals surface area contributed by atoms with E-state index in [2.05, 4.69) is 27.7 Å². The van der Waals surface area contributed by atoms with E-state index >= 15 is 0 Å². The fourth-order valence-corrected chi connectivity index (χ4v) is 3.78. The fourth-order valence-electron chi connectivity index (χ4n) is 3.66. The maximum absolute atomic E-state index is 12.1. The van der Waals surface area contributed by atoms with E-state index in [4.69, 9.17) is 11.6 Å². The van der Waals surface area contributed by atoms with E-state index in [1.807, 2.05) is 12.1 Å². The molecule has 6 heteroatoms. The third kappa shape index (κ3) is 5.09. The number of halogens is 1. The van der Waals surface area contributed by atoms with Crippen LogP contribution in [-0.2, 0) is 6.54 Å². The van der Waals surface area contributed by atoms with Crippen LogP contribution in [0, 0.1) is 5.41 Å². The summed E-state index contributed by atoms with van der Waals surface area (Å²) in [5, 5.41) is 16.2. The number of piperidine rings is 1. The summed E-state index contributed by atoms with van der Waals surface area (Å²) in [6.45, 7) is 3.62. The second-order valence-corrected chi connectivity index (χ2v) is 7.95. The molecule has 1 saturated carbocycles. The average molecular weight is 366 g/mol. The second-order valence-electron chi connectivity index (χ2n) is 7.52. The maximum Gasteiger partial charge on any atom is 0.315 e. The minimum Gasteiger partial charge on any atom is -0.396 e. The molecule has 1 saturated heterocycles. The number of likely N-dealkylation sites (tertiary alicyclic amines) is 1. The Hall–Kier alpha value is -1.30. The first-order valence-electron chi connectivity index (χ1n) is 9.21. The zero-order valence-electron chi connectivity index (χ0n) is 14.6. The number of nitrogens with zero attached hydrogens (tertiary/aromatic N) is 1. The van der Waals surface area contributed by atoms with Crippen LogP contribution in [0.5, 0.6) is 0 Å². The number of hydrogen-bond acceptors (Lipinski definition) is 3. The van der Waals surface area contributed by atoms with Crippen molar-refractivity contribution in [1.82, 2.24) is 15.5 Å². The maximum atomic E-state index is 12.1. The van der Waals surface area contributed by atoms with Gasteiger partial charge >= 0.3 is 6.03 Å². The Labute approximate surface area is 154 Å². The van der Waals surface area contributed by atoms with Crippen molar-refractivity contribution < 1.29 is 9.90 Å². The molecular weight excluding hydrogens is 338 g/mol. The topological polar surface area (TPSA) is 64.6 Å². The lowest BCUT2D eigenvalue weighted by Gasteiger charge is -2.40. The summed E-state index contributed by atoms with van der Waals surface area (Å²) < 4.78 is 0. The number of amides is 2. The third-order valence-electron chi connectivity index (χ3n) is 5.62. The second kappa shape index (κ2) is 8.39. The van der Waals surface area contributed by atoms with Crippen molar-refractivity contribution in [2.24, 2.45) is 5.41 Å². The zero-order chi connectivity index (χ0) is 17.7. The monoisotopic (exact) mass is 365 g/mol. The number of benzene rings is 1. The van der Waals surface area contributed by atoms with Gasteiger partial charge in [0, 0.05) is 42.7 Å². The highest BCUT2D eigenvalue weighted by Crippen LogP contribution is 2.39. The summed E-state index contributed by atoms with van der Waals surface area (Å²) in [7, 11) is 0. The molecule has 1 aromatic carbocycles. The first kappa shape index (κ1) is 18.5. The predicted octanol–water partition coefficient (Wildman–Crippen LogP) is 2.77. The highest BCUT2D eigenvalue weighted by atomic mass is 35.5. The summed E-state index contributed by atoms with van der Waals surface area (Å²) in [4.78, 5) is 14.5. The minimum absolute atomic E-state index is 0.0702. The van der Waals surface area contributed by atoms with E-state index in [1.54, 1.807) is 0 Å². The van der Waals surface area contributed by atoms with E-state index in [0.29, 0.717) is 6.54 Å². The van der Waals surface area contributed by atoms with Gasteiger partial charge in [0.25, 0.3) is 0 Å². The molecule has 1 aromatic rings. The molecular formula is C19H28ClN3O2. The van der Waals surface area contributed by atoms with Crippen LogP contribution in [0.1, 0.15) is 37.7 Å². The molecule has 1 heterocycles. The largest absolute Gasteiger partial charge is 0.396 e. The smallest absolute Gasteiger partial charge is 0.315 e. The number of carbonyl (C=O) groups is 1. The van der Waals surface area contributed by atoms with Crippen LogP contribution in [0.15, 0.2) is 24.3 Å². The Kier molecular flexibility index (Phi) is 6.20. The van der Waals surface area contributed by atoms with Gasteiger partial charge in [-0.1, -0.05) is 30.2 Å². The van der Waals surface area contributed by atoms with Gasteiger partial charge in [0.05, 0.1) is 6.61 Å². The van der Waals surface area contributed by atoms with Gasteiger partial charge in [0.15, 0.2) is 0 Å². The first-order chi connectivity index (χ1) is 12.1. The van der Waals surface area contributed by atoms with Crippen LogP contribution in [0.4, 0.5) is 4.79 Å². The van der Waals surface area contributed by atoms with Crippen LogP contribution >= 0.6 is 11.6 Å². The SMILES string of the molecule is O=C(NCC1(CO)CCC1)NC1CCN(Cc2ccc(Cl)cc2)CC1. The number of rotatable bonds is 6. The highest BCUT2D eigenvalue weighted by molar-refractivity contribution is 6.30. The highest BCUT2D eigenvalue weighted by Gasteiger charge is 2.36. The van der Waals surface area contributed by atoms with Gasteiger partial charge in [-0.3, -0.25) is 4.90 Å². The molecule has 0 spiro atoms. The Morgan fingerprint density at radius 3 is 2.48 bits per heavy atom. The molecule has 2 fully saturated rings. The standard InChI is InChI=1S/C19H28ClN3O2/c20-16-4-2-15(3-5-16)12-23-10-6-17(7-11-23)22-18(25)21-13-19(14-24)8-1-9-19/h2-5,17,24H,1,6-14H2,(H2,21,22,25). The molecule has 0 unspecified atom stereocenters. The summed E-state index contributed by atoms with van der Waals surface area (Å²) in [6, 6.07) is 8.12. The quantitative estimate of drug-likeness (QED) is 0.726. The van der Waals surface area contributed by atoms with Gasteiger partial charge in [-0.25, -0.2) is 4.79 Å². The lowest BCUT2D eigenvalue weighted by Crippen LogP contribution is -2.51. The lowest BCUT2D eigenvalue weighted by molar-refractivity contribution is 0.0470. The fraction of sp³-hybridized carbons (Fsp3) is 0.632. The molecule has 5 nitrogen and oxygen atoms in total. The number of nitrogens with one attached hydrogen (secondary N) is 2. The van der Waals surface area contributed by atoms with Crippen molar-refractivity contribution in [3.8, 4) is 0 Å². The van der Waals surface area contributed by atoms with Gasteiger partial charge in [0.2, 0.25) is 0 Å². The molecule has 3 rings (SSSR count). The zero-order valence-corrected chi connectivity index (χ0v) is 15.4. The van der Waals surface area contributed by atoms with Crippen molar-refractivity contribution in [3.63, 3.8) is 0 Å². The summed E-state index contributed by atoms with van der Waals surface area (Å²) in [6.07, 6.45) is 5.09. The van der Waals surface area contributed by atoms with Gasteiger partial charge in [-0.05, 0) is 43.4 Å². The molecule has 138 valence electrons. The number of carbonyl (C=O) groups excluding carboxylic acids is 1. The van der Waals surface area contributed by atoms with E-state index in [1.165, 1.54) is 5.56 Å². The number of hydrogen-bond donors (Lipinski definition) is 3. The van der Waals surface area contributed by atoms with Crippen molar-refractivity contribution in [2.45, 2.75) is 44.7 Å². The van der Waals surface area contributed by atoms with Gasteiger partial charge in [0.1, 0.15) is 0 Å². The van der Waals surface area contributed by atoms with Crippen LogP contribution in [-0.4, -0.2) is 48.3 Å². The lowest BCUT2D eigenvalue weighted by atomic mass is 9.69. The Balaban J connectivity index is 1.36. The molecule has 0 atom stereocenters. The molecule has 0 radical (unpaired) electrons.